The molecule has 1 fully saturated rings. The third-order valence-electron chi connectivity index (χ3n) is 3.60. The van der Waals surface area contributed by atoms with E-state index in [2.05, 4.69) is 10.0 Å². The van der Waals surface area contributed by atoms with Crippen LogP contribution in [0.1, 0.15) is 39.5 Å². The van der Waals surface area contributed by atoms with Gasteiger partial charge in [-0.1, -0.05) is 20.3 Å². The molecule has 1 aliphatic carbocycles. The molecule has 0 aromatic rings. The SMILES string of the molecule is CC(C)CC(NS(C)(=O)=O)C(=O)NC1CCCC1CO. The fourth-order valence-electron chi connectivity index (χ4n) is 2.67. The lowest BCUT2D eigenvalue weighted by molar-refractivity contribution is -0.124. The fraction of sp³-hybridized carbons (Fsp3) is 0.923. The van der Waals surface area contributed by atoms with Crippen LogP contribution in [0.5, 0.6) is 0 Å². The van der Waals surface area contributed by atoms with Crippen LogP contribution in [0.15, 0.2) is 0 Å². The zero-order valence-electron chi connectivity index (χ0n) is 12.4. The van der Waals surface area contributed by atoms with Crippen molar-refractivity contribution in [3.05, 3.63) is 0 Å². The van der Waals surface area contributed by atoms with Gasteiger partial charge in [-0.3, -0.25) is 4.79 Å². The van der Waals surface area contributed by atoms with E-state index in [1.165, 1.54) is 0 Å². The highest BCUT2D eigenvalue weighted by atomic mass is 32.2. The van der Waals surface area contributed by atoms with Crippen molar-refractivity contribution in [3.8, 4) is 0 Å². The minimum Gasteiger partial charge on any atom is -0.396 e. The first-order valence-corrected chi connectivity index (χ1v) is 9.00. The molecule has 0 saturated heterocycles. The van der Waals surface area contributed by atoms with E-state index in [0.29, 0.717) is 6.42 Å². The molecule has 7 heteroatoms. The van der Waals surface area contributed by atoms with Crippen molar-refractivity contribution in [3.63, 3.8) is 0 Å². The number of amides is 1. The zero-order valence-corrected chi connectivity index (χ0v) is 13.2. The summed E-state index contributed by atoms with van der Waals surface area (Å²) in [6, 6.07) is -0.798. The molecular formula is C13H26N2O4S. The summed E-state index contributed by atoms with van der Waals surface area (Å²) in [4.78, 5) is 12.3. The Morgan fingerprint density at radius 1 is 1.35 bits per heavy atom. The standard InChI is InChI=1S/C13H26N2O4S/c1-9(2)7-12(15-20(3,18)19)13(17)14-11-6-4-5-10(11)8-16/h9-12,15-16H,4-8H2,1-3H3,(H,14,17). The highest BCUT2D eigenvalue weighted by molar-refractivity contribution is 7.88. The van der Waals surface area contributed by atoms with Crippen LogP contribution >= 0.6 is 0 Å². The van der Waals surface area contributed by atoms with Gasteiger partial charge in [0, 0.05) is 18.6 Å². The Hall–Kier alpha value is -0.660. The highest BCUT2D eigenvalue weighted by Crippen LogP contribution is 2.25. The minimum absolute atomic E-state index is 0.0523. The average molecular weight is 306 g/mol. The van der Waals surface area contributed by atoms with Crippen LogP contribution in [0.3, 0.4) is 0 Å². The van der Waals surface area contributed by atoms with Gasteiger partial charge in [0.05, 0.1) is 6.26 Å². The molecule has 1 saturated carbocycles. The molecule has 0 radical (unpaired) electrons. The van der Waals surface area contributed by atoms with E-state index < -0.39 is 16.1 Å². The summed E-state index contributed by atoms with van der Waals surface area (Å²) >= 11 is 0. The fourth-order valence-corrected chi connectivity index (χ4v) is 3.39. The van der Waals surface area contributed by atoms with Crippen molar-refractivity contribution >= 4 is 15.9 Å². The first-order chi connectivity index (χ1) is 9.23. The van der Waals surface area contributed by atoms with Crippen molar-refractivity contribution < 1.29 is 18.3 Å². The molecule has 6 nitrogen and oxygen atoms in total. The van der Waals surface area contributed by atoms with Crippen molar-refractivity contribution in [2.45, 2.75) is 51.6 Å². The van der Waals surface area contributed by atoms with Crippen LogP contribution in [-0.2, 0) is 14.8 Å². The van der Waals surface area contributed by atoms with Gasteiger partial charge in [-0.2, -0.15) is 0 Å². The van der Waals surface area contributed by atoms with Crippen molar-refractivity contribution in [2.24, 2.45) is 11.8 Å². The molecule has 0 aliphatic heterocycles. The summed E-state index contributed by atoms with van der Waals surface area (Å²) in [5.74, 6) is -0.0106. The van der Waals surface area contributed by atoms with Crippen molar-refractivity contribution in [1.82, 2.24) is 10.0 Å². The summed E-state index contributed by atoms with van der Waals surface area (Å²) < 4.78 is 25.1. The van der Waals surface area contributed by atoms with E-state index in [1.54, 1.807) is 0 Å². The van der Waals surface area contributed by atoms with Gasteiger partial charge in [-0.15, -0.1) is 0 Å². The van der Waals surface area contributed by atoms with Crippen LogP contribution < -0.4 is 10.0 Å². The number of nitrogens with one attached hydrogen (secondary N) is 2. The predicted molar refractivity (Wildman–Crippen MR) is 77.6 cm³/mol. The number of rotatable bonds is 7. The zero-order chi connectivity index (χ0) is 15.3. The van der Waals surface area contributed by atoms with Crippen LogP contribution in [0.25, 0.3) is 0 Å². The lowest BCUT2D eigenvalue weighted by Crippen LogP contribution is -2.50. The Kier molecular flexibility index (Phi) is 6.42. The summed E-state index contributed by atoms with van der Waals surface area (Å²) in [5, 5.41) is 12.1. The number of hydrogen-bond donors (Lipinski definition) is 3. The normalized spacial score (nSPS) is 24.9. The second kappa shape index (κ2) is 7.38. The van der Waals surface area contributed by atoms with Gasteiger partial charge < -0.3 is 10.4 Å². The Labute approximate surface area is 121 Å². The molecule has 0 aromatic carbocycles. The second-order valence-electron chi connectivity index (χ2n) is 6.06. The summed E-state index contributed by atoms with van der Waals surface area (Å²) in [5.41, 5.74) is 0. The third kappa shape index (κ3) is 5.76. The maximum atomic E-state index is 12.3. The van der Waals surface area contributed by atoms with E-state index >= 15 is 0 Å². The van der Waals surface area contributed by atoms with Gasteiger partial charge in [0.1, 0.15) is 6.04 Å². The predicted octanol–water partition coefficient (Wildman–Crippen LogP) is 0.228. The monoisotopic (exact) mass is 306 g/mol. The van der Waals surface area contributed by atoms with E-state index in [0.717, 1.165) is 25.5 Å². The smallest absolute Gasteiger partial charge is 0.238 e. The molecular weight excluding hydrogens is 280 g/mol. The van der Waals surface area contributed by atoms with Gasteiger partial charge in [-0.25, -0.2) is 13.1 Å². The minimum atomic E-state index is -3.43. The van der Waals surface area contributed by atoms with E-state index in [-0.39, 0.29) is 30.4 Å². The first kappa shape index (κ1) is 17.4. The number of sulfonamides is 1. The average Bonchev–Trinajstić information content (AvgIpc) is 2.72. The molecule has 1 amide bonds. The maximum absolute atomic E-state index is 12.3. The Morgan fingerprint density at radius 2 is 2.00 bits per heavy atom. The molecule has 0 heterocycles. The summed E-state index contributed by atoms with van der Waals surface area (Å²) in [6.45, 7) is 3.94. The molecule has 0 bridgehead atoms. The second-order valence-corrected chi connectivity index (χ2v) is 7.84. The van der Waals surface area contributed by atoms with Crippen LogP contribution in [-0.4, -0.2) is 44.4 Å². The maximum Gasteiger partial charge on any atom is 0.238 e. The topological polar surface area (TPSA) is 95.5 Å². The van der Waals surface area contributed by atoms with Crippen LogP contribution in [0.2, 0.25) is 0 Å². The van der Waals surface area contributed by atoms with Crippen molar-refractivity contribution in [2.75, 3.05) is 12.9 Å². The summed E-state index contributed by atoms with van der Waals surface area (Å²) in [6.07, 6.45) is 4.22. The lowest BCUT2D eigenvalue weighted by atomic mass is 10.0. The Bertz CT molecular complexity index is 422. The van der Waals surface area contributed by atoms with Gasteiger partial charge in [0.2, 0.25) is 15.9 Å². The van der Waals surface area contributed by atoms with Gasteiger partial charge in [0.15, 0.2) is 0 Å². The van der Waals surface area contributed by atoms with Gasteiger partial charge in [0.25, 0.3) is 0 Å². The molecule has 118 valence electrons. The Balaban J connectivity index is 2.67. The molecule has 1 rings (SSSR count). The number of carbonyl (C=O) groups is 1. The molecule has 20 heavy (non-hydrogen) atoms. The van der Waals surface area contributed by atoms with Gasteiger partial charge in [-0.05, 0) is 25.2 Å². The number of carbonyl (C=O) groups excluding carboxylic acids is 1. The lowest BCUT2D eigenvalue weighted by Gasteiger charge is -2.24. The number of aliphatic hydroxyl groups excluding tert-OH is 1. The summed E-state index contributed by atoms with van der Waals surface area (Å²) in [7, 11) is -3.43. The van der Waals surface area contributed by atoms with E-state index in [4.69, 9.17) is 0 Å². The van der Waals surface area contributed by atoms with Crippen LogP contribution in [0.4, 0.5) is 0 Å². The quantitative estimate of drug-likeness (QED) is 0.627. The Morgan fingerprint density at radius 3 is 2.50 bits per heavy atom. The van der Waals surface area contributed by atoms with E-state index in [9.17, 15) is 18.3 Å². The molecule has 3 unspecified atom stereocenters. The molecule has 3 N–H and O–H groups in total. The molecule has 1 aliphatic rings. The number of aliphatic hydroxyl groups is 1. The molecule has 3 atom stereocenters. The van der Waals surface area contributed by atoms with Crippen molar-refractivity contribution in [1.29, 1.82) is 0 Å². The number of hydrogen-bond acceptors (Lipinski definition) is 4. The largest absolute Gasteiger partial charge is 0.396 e. The van der Waals surface area contributed by atoms with Crippen LogP contribution in [0, 0.1) is 11.8 Å². The van der Waals surface area contributed by atoms with Gasteiger partial charge >= 0.3 is 0 Å². The highest BCUT2D eigenvalue weighted by Gasteiger charge is 2.31. The third-order valence-corrected chi connectivity index (χ3v) is 4.31. The van der Waals surface area contributed by atoms with E-state index in [1.807, 2.05) is 13.8 Å². The first-order valence-electron chi connectivity index (χ1n) is 7.11. The molecule has 0 spiro atoms. The molecule has 0 aromatic heterocycles.